The Hall–Kier alpha value is -0.640. The Morgan fingerprint density at radius 1 is 1.14 bits per heavy atom. The van der Waals surface area contributed by atoms with Gasteiger partial charge in [0.2, 0.25) is 5.91 Å². The molecule has 0 rings (SSSR count). The zero-order chi connectivity index (χ0) is 11.3. The molecule has 0 aliphatic carbocycles. The van der Waals surface area contributed by atoms with Crippen molar-refractivity contribution >= 4 is 23.1 Å². The van der Waals surface area contributed by atoms with Crippen molar-refractivity contribution in [2.24, 2.45) is 5.92 Å². The average Bonchev–Trinajstić information content (AvgIpc) is 2.03. The van der Waals surface area contributed by atoms with Crippen molar-refractivity contribution < 1.29 is 4.79 Å². The first-order valence-electron chi connectivity index (χ1n) is 4.75. The molecule has 0 aliphatic rings. The third kappa shape index (κ3) is 5.17. The Kier molecular flexibility index (Phi) is 5.69. The van der Waals surface area contributed by atoms with E-state index in [9.17, 15) is 4.79 Å². The quantitative estimate of drug-likeness (QED) is 0.663. The number of carbonyl (C=O) groups is 1. The maximum atomic E-state index is 11.4. The van der Waals surface area contributed by atoms with Crippen molar-refractivity contribution in [1.29, 1.82) is 0 Å². The predicted octanol–water partition coefficient (Wildman–Crippen LogP) is 1.38. The molecular weight excluding hydrogens is 196 g/mol. The van der Waals surface area contributed by atoms with Gasteiger partial charge in [0.05, 0.1) is 4.99 Å². The van der Waals surface area contributed by atoms with E-state index in [0.717, 1.165) is 11.4 Å². The molecule has 0 heterocycles. The highest BCUT2D eigenvalue weighted by Crippen LogP contribution is 2.10. The van der Waals surface area contributed by atoms with E-state index in [-0.39, 0.29) is 5.91 Å². The number of carbonyl (C=O) groups excluding carboxylic acids is 1. The highest BCUT2D eigenvalue weighted by molar-refractivity contribution is 7.80. The van der Waals surface area contributed by atoms with Gasteiger partial charge in [-0.05, 0) is 5.92 Å². The molecule has 14 heavy (non-hydrogen) atoms. The molecule has 0 N–H and O–H groups in total. The molecule has 1 unspecified atom stereocenters. The smallest absolute Gasteiger partial charge is 0.222 e. The molecule has 1 amide bonds. The van der Waals surface area contributed by atoms with E-state index < -0.39 is 0 Å². The number of thiocarbonyl (C=S) groups is 1. The first kappa shape index (κ1) is 13.4. The lowest BCUT2D eigenvalue weighted by Gasteiger charge is -2.19. The van der Waals surface area contributed by atoms with Gasteiger partial charge in [-0.15, -0.1) is 0 Å². The number of rotatable bonds is 4. The molecule has 0 aromatic carbocycles. The van der Waals surface area contributed by atoms with Crippen molar-refractivity contribution in [1.82, 2.24) is 9.80 Å². The Bertz CT molecular complexity index is 192. The van der Waals surface area contributed by atoms with Crippen molar-refractivity contribution in [3.63, 3.8) is 0 Å². The Morgan fingerprint density at radius 2 is 1.64 bits per heavy atom. The molecule has 0 fully saturated rings. The summed E-state index contributed by atoms with van der Waals surface area (Å²) >= 11 is 5.17. The fourth-order valence-corrected chi connectivity index (χ4v) is 1.32. The molecule has 0 aromatic heterocycles. The van der Waals surface area contributed by atoms with Crippen molar-refractivity contribution in [3.8, 4) is 0 Å². The lowest BCUT2D eigenvalue weighted by molar-refractivity contribution is -0.129. The summed E-state index contributed by atoms with van der Waals surface area (Å²) in [5.41, 5.74) is 0. The summed E-state index contributed by atoms with van der Waals surface area (Å²) in [5.74, 6) is 0.485. The highest BCUT2D eigenvalue weighted by Gasteiger charge is 2.13. The van der Waals surface area contributed by atoms with Crippen molar-refractivity contribution in [2.75, 3.05) is 28.2 Å². The van der Waals surface area contributed by atoms with Crippen LogP contribution in [0.15, 0.2) is 0 Å². The summed E-state index contributed by atoms with van der Waals surface area (Å²) in [6.07, 6.45) is 1.38. The third-order valence-electron chi connectivity index (χ3n) is 2.04. The Labute approximate surface area is 92.1 Å². The summed E-state index contributed by atoms with van der Waals surface area (Å²) in [6.45, 7) is 2.05. The van der Waals surface area contributed by atoms with Crippen LogP contribution in [0.25, 0.3) is 0 Å². The lowest BCUT2D eigenvalue weighted by Crippen LogP contribution is -2.26. The van der Waals surface area contributed by atoms with Gasteiger partial charge in [0.25, 0.3) is 0 Å². The van der Waals surface area contributed by atoms with Crippen LogP contribution in [0.1, 0.15) is 19.8 Å². The van der Waals surface area contributed by atoms with Crippen LogP contribution in [0.3, 0.4) is 0 Å². The molecule has 0 saturated heterocycles. The first-order chi connectivity index (χ1) is 6.34. The molecule has 0 radical (unpaired) electrons. The molecule has 0 bridgehead atoms. The molecule has 82 valence electrons. The van der Waals surface area contributed by atoms with Gasteiger partial charge in [0, 0.05) is 41.0 Å². The van der Waals surface area contributed by atoms with Crippen molar-refractivity contribution in [2.45, 2.75) is 19.8 Å². The normalized spacial score (nSPS) is 12.1. The zero-order valence-electron chi connectivity index (χ0n) is 9.70. The predicted molar refractivity (Wildman–Crippen MR) is 63.4 cm³/mol. The van der Waals surface area contributed by atoms with E-state index in [1.54, 1.807) is 19.0 Å². The summed E-state index contributed by atoms with van der Waals surface area (Å²) in [5, 5.41) is 0. The fourth-order valence-electron chi connectivity index (χ4n) is 1.03. The second-order valence-electron chi connectivity index (χ2n) is 4.09. The molecule has 4 heteroatoms. The fraction of sp³-hybridized carbons (Fsp3) is 0.800. The first-order valence-corrected chi connectivity index (χ1v) is 5.15. The van der Waals surface area contributed by atoms with Gasteiger partial charge >= 0.3 is 0 Å². The highest BCUT2D eigenvalue weighted by atomic mass is 32.1. The largest absolute Gasteiger partial charge is 0.372 e. The van der Waals surface area contributed by atoms with E-state index in [4.69, 9.17) is 12.2 Å². The van der Waals surface area contributed by atoms with Crippen LogP contribution in [-0.4, -0.2) is 48.9 Å². The number of nitrogens with zero attached hydrogens (tertiary/aromatic N) is 2. The second kappa shape index (κ2) is 5.96. The molecule has 0 aliphatic heterocycles. The minimum atomic E-state index is 0.166. The molecule has 0 spiro atoms. The van der Waals surface area contributed by atoms with Gasteiger partial charge in [0.1, 0.15) is 0 Å². The van der Waals surface area contributed by atoms with Crippen LogP contribution in [-0.2, 0) is 4.79 Å². The van der Waals surface area contributed by atoms with E-state index in [0.29, 0.717) is 12.3 Å². The lowest BCUT2D eigenvalue weighted by atomic mass is 10.0. The van der Waals surface area contributed by atoms with Gasteiger partial charge in [-0.3, -0.25) is 4.79 Å². The van der Waals surface area contributed by atoms with Gasteiger partial charge in [-0.2, -0.15) is 0 Å². The van der Waals surface area contributed by atoms with Crippen LogP contribution in [0.5, 0.6) is 0 Å². The average molecular weight is 216 g/mol. The number of amides is 1. The number of hydrogen-bond donors (Lipinski definition) is 0. The van der Waals surface area contributed by atoms with Gasteiger partial charge in [-0.1, -0.05) is 19.1 Å². The molecule has 0 saturated carbocycles. The summed E-state index contributed by atoms with van der Waals surface area (Å²) in [4.78, 5) is 15.8. The van der Waals surface area contributed by atoms with E-state index in [1.165, 1.54) is 0 Å². The minimum Gasteiger partial charge on any atom is -0.372 e. The number of hydrogen-bond acceptors (Lipinski definition) is 2. The van der Waals surface area contributed by atoms with E-state index in [2.05, 4.69) is 6.92 Å². The van der Waals surface area contributed by atoms with Crippen LogP contribution in [0.4, 0.5) is 0 Å². The van der Waals surface area contributed by atoms with Crippen LogP contribution in [0, 0.1) is 5.92 Å². The second-order valence-corrected chi connectivity index (χ2v) is 4.56. The molecular formula is C10H20N2OS. The minimum absolute atomic E-state index is 0.166. The van der Waals surface area contributed by atoms with Gasteiger partial charge in [-0.25, -0.2) is 0 Å². The zero-order valence-corrected chi connectivity index (χ0v) is 10.5. The summed E-state index contributed by atoms with van der Waals surface area (Å²) in [6, 6.07) is 0. The van der Waals surface area contributed by atoms with Crippen LogP contribution < -0.4 is 0 Å². The van der Waals surface area contributed by atoms with Crippen molar-refractivity contribution in [3.05, 3.63) is 0 Å². The molecule has 3 nitrogen and oxygen atoms in total. The topological polar surface area (TPSA) is 23.6 Å². The summed E-state index contributed by atoms with van der Waals surface area (Å²) in [7, 11) is 7.42. The monoisotopic (exact) mass is 216 g/mol. The van der Waals surface area contributed by atoms with E-state index in [1.807, 2.05) is 19.0 Å². The summed E-state index contributed by atoms with van der Waals surface area (Å²) < 4.78 is 0. The van der Waals surface area contributed by atoms with Crippen LogP contribution >= 0.6 is 12.2 Å². The van der Waals surface area contributed by atoms with E-state index >= 15 is 0 Å². The Morgan fingerprint density at radius 3 is 2.00 bits per heavy atom. The molecule has 1 atom stereocenters. The Balaban J connectivity index is 3.93. The standard InChI is InChI=1S/C10H20N2OS/c1-8(6-9(13)11(2)3)7-10(14)12(4)5/h8H,6-7H2,1-5H3. The van der Waals surface area contributed by atoms with Crippen LogP contribution in [0.2, 0.25) is 0 Å². The SMILES string of the molecule is CC(CC(=O)N(C)C)CC(=S)N(C)C. The maximum Gasteiger partial charge on any atom is 0.222 e. The maximum absolute atomic E-state index is 11.4. The third-order valence-corrected chi connectivity index (χ3v) is 2.58. The van der Waals surface area contributed by atoms with Gasteiger partial charge in [0.15, 0.2) is 0 Å². The molecule has 0 aromatic rings. The van der Waals surface area contributed by atoms with Gasteiger partial charge < -0.3 is 9.80 Å².